The Morgan fingerprint density at radius 2 is 1.74 bits per heavy atom. The number of nitrogens with zero attached hydrogens (tertiary/aromatic N) is 6. The molecule has 0 spiro atoms. The smallest absolute Gasteiger partial charge is 0.179 e. The second kappa shape index (κ2) is 11.0. The molecule has 0 aliphatic carbocycles. The lowest BCUT2D eigenvalue weighted by Gasteiger charge is -2.40. The summed E-state index contributed by atoms with van der Waals surface area (Å²) in [4.78, 5) is 17.3. The molecule has 0 saturated heterocycles. The van der Waals surface area contributed by atoms with Gasteiger partial charge >= 0.3 is 0 Å². The lowest BCUT2D eigenvalue weighted by atomic mass is 9.93. The minimum Gasteiger partial charge on any atom is -0.337 e. The monoisotopic (exact) mass is 615 g/mol. The lowest BCUT2D eigenvalue weighted by molar-refractivity contribution is 0.795. The molecule has 1 N–H and O–H groups in total. The number of halogens is 1. The third-order valence-electron chi connectivity index (χ3n) is 7.70. The van der Waals surface area contributed by atoms with Crippen LogP contribution < -0.4 is 10.2 Å². The van der Waals surface area contributed by atoms with Crippen LogP contribution in [0.5, 0.6) is 0 Å². The fourth-order valence-corrected chi connectivity index (χ4v) is 6.12. The highest BCUT2D eigenvalue weighted by Crippen LogP contribution is 2.48. The van der Waals surface area contributed by atoms with Crippen LogP contribution in [-0.4, -0.2) is 26.4 Å². The second-order valence-electron chi connectivity index (χ2n) is 10.6. The SMILES string of the molecule is CCCCc1ccc(NC2=Nc3ccccc3N3C2=Nc2c(c(C)nn2-c2ccccn2)[C@@H]3c2cccc(Br)c2)cc1. The van der Waals surface area contributed by atoms with E-state index in [9.17, 15) is 0 Å². The van der Waals surface area contributed by atoms with E-state index in [1.165, 1.54) is 18.4 Å². The summed E-state index contributed by atoms with van der Waals surface area (Å²) in [7, 11) is 0. The average Bonchev–Trinajstić information content (AvgIpc) is 3.36. The summed E-state index contributed by atoms with van der Waals surface area (Å²) in [6.07, 6.45) is 5.23. The van der Waals surface area contributed by atoms with Crippen LogP contribution in [0.25, 0.3) is 5.82 Å². The van der Waals surface area contributed by atoms with Crippen LogP contribution in [0.1, 0.15) is 48.2 Å². The molecule has 208 valence electrons. The first kappa shape index (κ1) is 26.3. The van der Waals surface area contributed by atoms with E-state index in [2.05, 4.69) is 105 Å². The van der Waals surface area contributed by atoms with E-state index in [0.717, 1.165) is 62.2 Å². The van der Waals surface area contributed by atoms with E-state index < -0.39 is 0 Å². The van der Waals surface area contributed by atoms with Crippen LogP contribution in [0.4, 0.5) is 22.9 Å². The number of aliphatic imine (C=N–C) groups is 2. The van der Waals surface area contributed by atoms with Crippen molar-refractivity contribution in [1.82, 2.24) is 14.8 Å². The highest BCUT2D eigenvalue weighted by Gasteiger charge is 2.41. The third kappa shape index (κ3) is 4.71. The minimum atomic E-state index is -0.188. The number of fused-ring (bicyclic) bond motifs is 4. The summed E-state index contributed by atoms with van der Waals surface area (Å²) < 4.78 is 2.86. The Morgan fingerprint density at radius 3 is 2.52 bits per heavy atom. The van der Waals surface area contributed by atoms with E-state index in [4.69, 9.17) is 15.1 Å². The first-order valence-corrected chi connectivity index (χ1v) is 15.1. The zero-order valence-electron chi connectivity index (χ0n) is 23.5. The highest BCUT2D eigenvalue weighted by molar-refractivity contribution is 9.10. The molecule has 42 heavy (non-hydrogen) atoms. The Kier molecular flexibility index (Phi) is 6.91. The number of pyridine rings is 1. The number of nitrogens with one attached hydrogen (secondary N) is 1. The molecule has 2 aliphatic heterocycles. The molecule has 4 heterocycles. The van der Waals surface area contributed by atoms with E-state index in [0.29, 0.717) is 5.84 Å². The predicted octanol–water partition coefficient (Wildman–Crippen LogP) is 8.48. The fourth-order valence-electron chi connectivity index (χ4n) is 5.70. The molecule has 0 unspecified atom stereocenters. The largest absolute Gasteiger partial charge is 0.337 e. The summed E-state index contributed by atoms with van der Waals surface area (Å²) >= 11 is 3.71. The molecule has 2 aromatic heterocycles. The summed E-state index contributed by atoms with van der Waals surface area (Å²) in [5.41, 5.74) is 7.26. The number of aryl methyl sites for hydroxylation is 2. The van der Waals surface area contributed by atoms with Crippen LogP contribution in [0, 0.1) is 6.92 Å². The third-order valence-corrected chi connectivity index (χ3v) is 8.20. The van der Waals surface area contributed by atoms with Crippen molar-refractivity contribution < 1.29 is 0 Å². The number of rotatable bonds is 6. The van der Waals surface area contributed by atoms with Gasteiger partial charge in [-0.15, -0.1) is 0 Å². The number of hydrogen-bond acceptors (Lipinski definition) is 6. The molecule has 2 aliphatic rings. The molecule has 0 amide bonds. The molecule has 5 aromatic rings. The van der Waals surface area contributed by atoms with E-state index in [1.807, 2.05) is 35.9 Å². The van der Waals surface area contributed by atoms with Gasteiger partial charge in [0.2, 0.25) is 0 Å². The van der Waals surface area contributed by atoms with Gasteiger partial charge in [0.1, 0.15) is 0 Å². The van der Waals surface area contributed by atoms with Crippen LogP contribution in [0.3, 0.4) is 0 Å². The maximum Gasteiger partial charge on any atom is 0.179 e. The van der Waals surface area contributed by atoms with Gasteiger partial charge in [-0.3, -0.25) is 0 Å². The fraction of sp³-hybridized carbons (Fsp3) is 0.176. The zero-order chi connectivity index (χ0) is 28.6. The first-order chi connectivity index (χ1) is 20.6. The van der Waals surface area contributed by atoms with Gasteiger partial charge in [-0.1, -0.05) is 71.7 Å². The topological polar surface area (TPSA) is 70.7 Å². The molecule has 8 heteroatoms. The number of amidine groups is 2. The van der Waals surface area contributed by atoms with Crippen molar-refractivity contribution in [3.63, 3.8) is 0 Å². The second-order valence-corrected chi connectivity index (χ2v) is 11.5. The highest BCUT2D eigenvalue weighted by atomic mass is 79.9. The van der Waals surface area contributed by atoms with Gasteiger partial charge < -0.3 is 10.2 Å². The Labute approximate surface area is 253 Å². The van der Waals surface area contributed by atoms with E-state index in [-0.39, 0.29) is 6.04 Å². The van der Waals surface area contributed by atoms with Gasteiger partial charge in [0, 0.05) is 21.9 Å². The van der Waals surface area contributed by atoms with Crippen molar-refractivity contribution in [2.24, 2.45) is 9.98 Å². The minimum absolute atomic E-state index is 0.188. The number of para-hydroxylation sites is 2. The summed E-state index contributed by atoms with van der Waals surface area (Å²) in [6.45, 7) is 4.27. The van der Waals surface area contributed by atoms with Crippen molar-refractivity contribution in [3.8, 4) is 5.82 Å². The lowest BCUT2D eigenvalue weighted by Crippen LogP contribution is -2.46. The number of benzene rings is 3. The molecule has 0 bridgehead atoms. The predicted molar refractivity (Wildman–Crippen MR) is 174 cm³/mol. The summed E-state index contributed by atoms with van der Waals surface area (Å²) in [5, 5.41) is 8.57. The molecule has 0 saturated carbocycles. The quantitative estimate of drug-likeness (QED) is 0.208. The number of aromatic nitrogens is 3. The molecule has 3 aromatic carbocycles. The van der Waals surface area contributed by atoms with E-state index >= 15 is 0 Å². The zero-order valence-corrected chi connectivity index (χ0v) is 25.1. The molecular weight excluding hydrogens is 586 g/mol. The standard InChI is InChI=1S/C34H30BrN7/c1-3-4-10-23-16-18-26(19-17-23)37-32-34-39-33-30(22(2)40-42(33)29-15-7-8-20-36-29)31(24-11-9-12-25(35)21-24)41(34)28-14-6-5-13-27(28)38-32/h5-9,11-21,31H,3-4,10H2,1-2H3,(H,37,38)/t31-/m0/s1. The number of unbranched alkanes of at least 4 members (excludes halogenated alkanes) is 1. The summed E-state index contributed by atoms with van der Waals surface area (Å²) in [5.74, 6) is 2.90. The maximum absolute atomic E-state index is 5.30. The van der Waals surface area contributed by atoms with Crippen molar-refractivity contribution in [1.29, 1.82) is 0 Å². The summed E-state index contributed by atoms with van der Waals surface area (Å²) in [6, 6.07) is 31.0. The van der Waals surface area contributed by atoms with Gasteiger partial charge in [0.15, 0.2) is 23.3 Å². The van der Waals surface area contributed by atoms with Crippen LogP contribution in [0.2, 0.25) is 0 Å². The maximum atomic E-state index is 5.30. The van der Waals surface area contributed by atoms with Gasteiger partial charge in [-0.25, -0.2) is 15.0 Å². The van der Waals surface area contributed by atoms with E-state index in [1.54, 1.807) is 6.20 Å². The van der Waals surface area contributed by atoms with Crippen LogP contribution >= 0.6 is 15.9 Å². The van der Waals surface area contributed by atoms with Crippen molar-refractivity contribution in [2.75, 3.05) is 10.2 Å². The first-order valence-electron chi connectivity index (χ1n) is 14.3. The number of anilines is 2. The van der Waals surface area contributed by atoms with Gasteiger partial charge in [0.25, 0.3) is 0 Å². The Morgan fingerprint density at radius 1 is 0.905 bits per heavy atom. The van der Waals surface area contributed by atoms with Crippen molar-refractivity contribution in [2.45, 2.75) is 39.2 Å². The Bertz CT molecular complexity index is 1820. The Hall–Kier alpha value is -4.56. The molecule has 0 radical (unpaired) electrons. The van der Waals surface area contributed by atoms with Crippen molar-refractivity contribution in [3.05, 3.63) is 124 Å². The Balaban J connectivity index is 1.42. The van der Waals surface area contributed by atoms with Gasteiger partial charge in [-0.2, -0.15) is 9.78 Å². The number of hydrogen-bond donors (Lipinski definition) is 1. The van der Waals surface area contributed by atoms with Gasteiger partial charge in [0.05, 0.1) is 23.1 Å². The average molecular weight is 617 g/mol. The van der Waals surface area contributed by atoms with Crippen LogP contribution in [-0.2, 0) is 6.42 Å². The molecular formula is C34H30BrN7. The van der Waals surface area contributed by atoms with Crippen LogP contribution in [0.15, 0.2) is 112 Å². The van der Waals surface area contributed by atoms with Crippen molar-refractivity contribution >= 4 is 50.5 Å². The molecule has 0 fully saturated rings. The van der Waals surface area contributed by atoms with Gasteiger partial charge in [-0.05, 0) is 79.4 Å². The molecule has 7 rings (SSSR count). The molecule has 1 atom stereocenters. The molecule has 7 nitrogen and oxygen atoms in total. The normalized spacial score (nSPS) is 15.3.